The van der Waals surface area contributed by atoms with Gasteiger partial charge in [-0.25, -0.2) is 9.59 Å². The van der Waals surface area contributed by atoms with E-state index < -0.39 is 12.3 Å². The first-order valence-electron chi connectivity index (χ1n) is 5.77. The van der Waals surface area contributed by atoms with Gasteiger partial charge in [0.1, 0.15) is 6.10 Å². The molecular weight excluding hydrogens is 236 g/mol. The fourth-order valence-corrected chi connectivity index (χ4v) is 2.28. The van der Waals surface area contributed by atoms with Gasteiger partial charge in [-0.05, 0) is 6.92 Å². The number of carbonyl (C=O) groups excluding carboxylic acids is 2. The van der Waals surface area contributed by atoms with Crippen molar-refractivity contribution in [1.82, 2.24) is 0 Å². The molecule has 0 N–H and O–H groups in total. The molecule has 2 aliphatic heterocycles. The second kappa shape index (κ2) is 4.01. The molecule has 1 fully saturated rings. The third-order valence-corrected chi connectivity index (χ3v) is 3.22. The highest BCUT2D eigenvalue weighted by molar-refractivity contribution is 5.92. The molecule has 3 rings (SSSR count). The third kappa shape index (κ3) is 1.72. The van der Waals surface area contributed by atoms with Crippen LogP contribution in [0.25, 0.3) is 0 Å². The fourth-order valence-electron chi connectivity index (χ4n) is 2.28. The van der Waals surface area contributed by atoms with Crippen molar-refractivity contribution < 1.29 is 23.8 Å². The topological polar surface area (TPSA) is 61.8 Å². The molecule has 0 spiro atoms. The summed E-state index contributed by atoms with van der Waals surface area (Å²) in [6.07, 6.45) is 6.55. The number of fused-ring (bicyclic) bond motifs is 1. The molecular formula is C13H12O5. The molecule has 3 atom stereocenters. The van der Waals surface area contributed by atoms with Gasteiger partial charge in [0.15, 0.2) is 0 Å². The summed E-state index contributed by atoms with van der Waals surface area (Å²) in [5.74, 6) is -0.831. The zero-order valence-corrected chi connectivity index (χ0v) is 9.79. The maximum atomic E-state index is 11.6. The molecule has 0 aromatic heterocycles. The Balaban J connectivity index is 1.73. The molecule has 1 aliphatic carbocycles. The average molecular weight is 248 g/mol. The van der Waals surface area contributed by atoms with Crippen LogP contribution in [-0.4, -0.2) is 24.3 Å². The van der Waals surface area contributed by atoms with E-state index in [0.29, 0.717) is 11.1 Å². The van der Waals surface area contributed by atoms with E-state index in [-0.39, 0.29) is 18.0 Å². The first-order valence-corrected chi connectivity index (χ1v) is 5.77. The van der Waals surface area contributed by atoms with E-state index in [1.807, 2.05) is 12.2 Å². The van der Waals surface area contributed by atoms with Crippen LogP contribution in [0.15, 0.2) is 35.6 Å². The summed E-state index contributed by atoms with van der Waals surface area (Å²) < 4.78 is 15.4. The predicted octanol–water partition coefficient (Wildman–Crippen LogP) is 1.22. The highest BCUT2D eigenvalue weighted by Gasteiger charge is 2.40. The molecule has 2 heterocycles. The normalized spacial score (nSPS) is 35.5. The maximum Gasteiger partial charge on any atom is 0.338 e. The Hall–Kier alpha value is -2.04. The van der Waals surface area contributed by atoms with Crippen molar-refractivity contribution >= 4 is 11.9 Å². The van der Waals surface area contributed by atoms with Crippen molar-refractivity contribution in [3.05, 3.63) is 35.6 Å². The van der Waals surface area contributed by atoms with Gasteiger partial charge in [-0.3, -0.25) is 0 Å². The van der Waals surface area contributed by atoms with E-state index in [1.54, 1.807) is 6.92 Å². The third-order valence-electron chi connectivity index (χ3n) is 3.22. The number of esters is 2. The number of hydrogen-bond donors (Lipinski definition) is 0. The molecule has 1 saturated heterocycles. The van der Waals surface area contributed by atoms with E-state index in [2.05, 4.69) is 0 Å². The summed E-state index contributed by atoms with van der Waals surface area (Å²) in [7, 11) is 0. The van der Waals surface area contributed by atoms with Gasteiger partial charge in [0.2, 0.25) is 0 Å². The second-order valence-electron chi connectivity index (χ2n) is 4.50. The Morgan fingerprint density at radius 1 is 1.39 bits per heavy atom. The highest BCUT2D eigenvalue weighted by atomic mass is 16.7. The lowest BCUT2D eigenvalue weighted by molar-refractivity contribution is -0.152. The van der Waals surface area contributed by atoms with Crippen molar-refractivity contribution in [1.29, 1.82) is 0 Å². The number of carbonyl (C=O) groups is 2. The van der Waals surface area contributed by atoms with Crippen LogP contribution in [0.3, 0.4) is 0 Å². The second-order valence-corrected chi connectivity index (χ2v) is 4.50. The number of ether oxygens (including phenoxy) is 3. The Morgan fingerprint density at radius 3 is 2.94 bits per heavy atom. The van der Waals surface area contributed by atoms with Crippen LogP contribution in [0.2, 0.25) is 0 Å². The molecule has 3 aliphatic rings. The quantitative estimate of drug-likeness (QED) is 0.318. The summed E-state index contributed by atoms with van der Waals surface area (Å²) in [5.41, 5.74) is 1.16. The Labute approximate surface area is 104 Å². The molecule has 0 amide bonds. The summed E-state index contributed by atoms with van der Waals surface area (Å²) in [6.45, 7) is 1.74. The fraction of sp³-hybridized carbons (Fsp3) is 0.385. The van der Waals surface area contributed by atoms with Crippen molar-refractivity contribution in [3.8, 4) is 0 Å². The van der Waals surface area contributed by atoms with E-state index in [9.17, 15) is 9.59 Å². The van der Waals surface area contributed by atoms with Crippen molar-refractivity contribution in [2.45, 2.75) is 25.7 Å². The Bertz CT molecular complexity index is 500. The van der Waals surface area contributed by atoms with Crippen LogP contribution >= 0.6 is 0 Å². The van der Waals surface area contributed by atoms with E-state index >= 15 is 0 Å². The minimum absolute atomic E-state index is 0.0427. The van der Waals surface area contributed by atoms with Crippen LogP contribution in [-0.2, 0) is 23.8 Å². The maximum absolute atomic E-state index is 11.6. The molecule has 0 unspecified atom stereocenters. The smallest absolute Gasteiger partial charge is 0.338 e. The Kier molecular flexibility index (Phi) is 2.47. The summed E-state index contributed by atoms with van der Waals surface area (Å²) in [4.78, 5) is 22.6. The molecule has 0 bridgehead atoms. The van der Waals surface area contributed by atoms with Gasteiger partial charge in [-0.2, -0.15) is 0 Å². The lowest BCUT2D eigenvalue weighted by atomic mass is 10.0. The van der Waals surface area contributed by atoms with Gasteiger partial charge in [-0.15, -0.1) is 0 Å². The standard InChI is InChI=1S/C13H12O5/c1-7-5-11(14)18-13(7)16-6-9-8-3-2-4-10(8)17-12(9)15/h2-3,5-6,8,10,13H,4H2,1H3/b9-6+/t8-,10-,13+/m0/s1. The molecule has 5 heteroatoms. The molecule has 0 saturated carbocycles. The molecule has 0 radical (unpaired) electrons. The molecule has 94 valence electrons. The zero-order valence-electron chi connectivity index (χ0n) is 9.79. The molecule has 5 nitrogen and oxygen atoms in total. The first kappa shape index (κ1) is 11.1. The highest BCUT2D eigenvalue weighted by Crippen LogP contribution is 2.35. The first-order chi connectivity index (χ1) is 8.65. The molecule has 0 aromatic rings. The number of hydrogen-bond acceptors (Lipinski definition) is 5. The van der Waals surface area contributed by atoms with Crippen molar-refractivity contribution in [2.75, 3.05) is 0 Å². The van der Waals surface area contributed by atoms with E-state index in [1.165, 1.54) is 12.3 Å². The van der Waals surface area contributed by atoms with Gasteiger partial charge in [0.05, 0.1) is 11.8 Å². The average Bonchev–Trinajstić information content (AvgIpc) is 2.93. The summed E-state index contributed by atoms with van der Waals surface area (Å²) in [6, 6.07) is 0. The van der Waals surface area contributed by atoms with Crippen LogP contribution < -0.4 is 0 Å². The van der Waals surface area contributed by atoms with Crippen LogP contribution in [0.4, 0.5) is 0 Å². The van der Waals surface area contributed by atoms with E-state index in [4.69, 9.17) is 14.2 Å². The monoisotopic (exact) mass is 248 g/mol. The van der Waals surface area contributed by atoms with Gasteiger partial charge in [0, 0.05) is 24.0 Å². The van der Waals surface area contributed by atoms with Gasteiger partial charge < -0.3 is 14.2 Å². The SMILES string of the molecule is CC1=CC(=O)O[C@H]1O/C=C1/C(=O)O[C@H]2CC=C[C@@H]12. The van der Waals surface area contributed by atoms with Crippen molar-refractivity contribution in [2.24, 2.45) is 5.92 Å². The van der Waals surface area contributed by atoms with Crippen LogP contribution in [0.5, 0.6) is 0 Å². The predicted molar refractivity (Wildman–Crippen MR) is 59.9 cm³/mol. The summed E-state index contributed by atoms with van der Waals surface area (Å²) >= 11 is 0. The number of rotatable bonds is 2. The Morgan fingerprint density at radius 2 is 2.22 bits per heavy atom. The van der Waals surface area contributed by atoms with Crippen LogP contribution in [0, 0.1) is 5.92 Å². The van der Waals surface area contributed by atoms with Gasteiger partial charge in [-0.1, -0.05) is 12.2 Å². The van der Waals surface area contributed by atoms with E-state index in [0.717, 1.165) is 6.42 Å². The molecule has 0 aromatic carbocycles. The lowest BCUT2D eigenvalue weighted by Gasteiger charge is -2.11. The van der Waals surface area contributed by atoms with Gasteiger partial charge in [0.25, 0.3) is 6.29 Å². The lowest BCUT2D eigenvalue weighted by Crippen LogP contribution is -2.14. The minimum Gasteiger partial charge on any atom is -0.458 e. The van der Waals surface area contributed by atoms with Crippen molar-refractivity contribution in [3.63, 3.8) is 0 Å². The zero-order chi connectivity index (χ0) is 12.7. The minimum atomic E-state index is -0.734. The molecule has 18 heavy (non-hydrogen) atoms. The number of cyclic esters (lactones) is 1. The summed E-state index contributed by atoms with van der Waals surface area (Å²) in [5, 5.41) is 0. The largest absolute Gasteiger partial charge is 0.458 e. The van der Waals surface area contributed by atoms with Crippen LogP contribution in [0.1, 0.15) is 13.3 Å². The van der Waals surface area contributed by atoms with Gasteiger partial charge >= 0.3 is 11.9 Å².